The Kier molecular flexibility index (Phi) is 2.13. The van der Waals surface area contributed by atoms with E-state index < -0.39 is 0 Å². The highest BCUT2D eigenvalue weighted by Crippen LogP contribution is 2.20. The van der Waals surface area contributed by atoms with Crippen LogP contribution in [0, 0.1) is 0 Å². The van der Waals surface area contributed by atoms with E-state index in [4.69, 9.17) is 23.2 Å². The summed E-state index contributed by atoms with van der Waals surface area (Å²) in [7, 11) is 1.48. The van der Waals surface area contributed by atoms with Gasteiger partial charge in [-0.15, -0.1) is 5.10 Å². The van der Waals surface area contributed by atoms with E-state index in [9.17, 15) is 4.79 Å². The molecule has 0 N–H and O–H groups in total. The number of hydrogen-bond acceptors (Lipinski definition) is 4. The fourth-order valence-corrected chi connectivity index (χ4v) is 1.51. The molecule has 0 saturated heterocycles. The van der Waals surface area contributed by atoms with Gasteiger partial charge in [-0.3, -0.25) is 4.79 Å². The Bertz CT molecular complexity index is 565. The highest BCUT2D eigenvalue weighted by molar-refractivity contribution is 6.37. The molecule has 0 aromatic carbocycles. The Labute approximate surface area is 88.3 Å². The van der Waals surface area contributed by atoms with Gasteiger partial charge in [-0.2, -0.15) is 0 Å². The van der Waals surface area contributed by atoms with Crippen LogP contribution in [0.2, 0.25) is 10.2 Å². The average molecular weight is 231 g/mol. The van der Waals surface area contributed by atoms with E-state index in [1.165, 1.54) is 13.1 Å². The summed E-state index contributed by atoms with van der Waals surface area (Å²) in [6, 6.07) is 1.42. The molecule has 2 rings (SSSR count). The molecular formula is C7H4Cl2N4O. The standard InChI is InChI=1S/C7H4Cl2N4O/c1-13-7(14)6-5(11-12-13)3(8)2-4(9)10-6/h2H,1H3. The van der Waals surface area contributed by atoms with Gasteiger partial charge in [0.1, 0.15) is 10.7 Å². The number of aryl methyl sites for hydroxylation is 1. The summed E-state index contributed by atoms with van der Waals surface area (Å²) >= 11 is 11.5. The van der Waals surface area contributed by atoms with E-state index in [2.05, 4.69) is 15.3 Å². The molecule has 7 heteroatoms. The SMILES string of the molecule is Cn1nnc2c(Cl)cc(Cl)nc2c1=O. The molecule has 0 aliphatic heterocycles. The van der Waals surface area contributed by atoms with Gasteiger partial charge in [-0.05, 0) is 6.07 Å². The molecule has 0 spiro atoms. The predicted octanol–water partition coefficient (Wildman–Crippen LogP) is 1.03. The van der Waals surface area contributed by atoms with Crippen molar-refractivity contribution in [3.63, 3.8) is 0 Å². The van der Waals surface area contributed by atoms with Crippen LogP contribution in [0.15, 0.2) is 10.9 Å². The van der Waals surface area contributed by atoms with Crippen LogP contribution in [-0.4, -0.2) is 20.0 Å². The molecule has 0 aliphatic carbocycles. The van der Waals surface area contributed by atoms with Crippen LogP contribution in [0.3, 0.4) is 0 Å². The molecule has 2 aromatic heterocycles. The number of fused-ring (bicyclic) bond motifs is 1. The van der Waals surface area contributed by atoms with Crippen LogP contribution >= 0.6 is 23.2 Å². The van der Waals surface area contributed by atoms with Gasteiger partial charge < -0.3 is 0 Å². The molecule has 0 amide bonds. The van der Waals surface area contributed by atoms with E-state index in [0.717, 1.165) is 4.68 Å². The van der Waals surface area contributed by atoms with Crippen molar-refractivity contribution in [2.45, 2.75) is 0 Å². The summed E-state index contributed by atoms with van der Waals surface area (Å²) in [6.07, 6.45) is 0. The number of aromatic nitrogens is 4. The average Bonchev–Trinajstić information content (AvgIpc) is 2.12. The van der Waals surface area contributed by atoms with Crippen LogP contribution < -0.4 is 5.56 Å². The fraction of sp³-hybridized carbons (Fsp3) is 0.143. The van der Waals surface area contributed by atoms with Gasteiger partial charge in [0, 0.05) is 7.05 Å². The Morgan fingerprint density at radius 1 is 1.36 bits per heavy atom. The minimum atomic E-state index is -0.376. The van der Waals surface area contributed by atoms with Gasteiger partial charge in [0.15, 0.2) is 5.52 Å². The Morgan fingerprint density at radius 3 is 2.79 bits per heavy atom. The van der Waals surface area contributed by atoms with Gasteiger partial charge in [-0.1, -0.05) is 28.4 Å². The fourth-order valence-electron chi connectivity index (χ4n) is 1.03. The van der Waals surface area contributed by atoms with Crippen LogP contribution in [0.4, 0.5) is 0 Å². The minimum absolute atomic E-state index is 0.125. The molecule has 0 bridgehead atoms. The summed E-state index contributed by atoms with van der Waals surface area (Å²) in [6.45, 7) is 0. The molecule has 5 nitrogen and oxygen atoms in total. The maximum absolute atomic E-state index is 11.5. The topological polar surface area (TPSA) is 60.7 Å². The summed E-state index contributed by atoms with van der Waals surface area (Å²) in [5.74, 6) is 0. The molecule has 14 heavy (non-hydrogen) atoms. The van der Waals surface area contributed by atoms with Gasteiger partial charge in [0.2, 0.25) is 0 Å². The van der Waals surface area contributed by atoms with Crippen LogP contribution in [0.1, 0.15) is 0 Å². The first kappa shape index (κ1) is 9.36. The second-order valence-electron chi connectivity index (χ2n) is 2.64. The minimum Gasteiger partial charge on any atom is -0.265 e. The number of pyridine rings is 1. The lowest BCUT2D eigenvalue weighted by Gasteiger charge is -1.99. The van der Waals surface area contributed by atoms with Crippen molar-refractivity contribution in [1.82, 2.24) is 20.0 Å². The smallest absolute Gasteiger partial charge is 0.265 e. The lowest BCUT2D eigenvalue weighted by Crippen LogP contribution is -2.21. The molecule has 0 unspecified atom stereocenters. The maximum atomic E-state index is 11.5. The highest BCUT2D eigenvalue weighted by Gasteiger charge is 2.09. The van der Waals surface area contributed by atoms with Crippen molar-refractivity contribution < 1.29 is 0 Å². The third-order valence-electron chi connectivity index (χ3n) is 1.69. The van der Waals surface area contributed by atoms with E-state index in [1.807, 2.05) is 0 Å². The van der Waals surface area contributed by atoms with Crippen molar-refractivity contribution in [1.29, 1.82) is 0 Å². The summed E-state index contributed by atoms with van der Waals surface area (Å²) in [5.41, 5.74) is 0.0126. The van der Waals surface area contributed by atoms with Crippen LogP contribution in [0.25, 0.3) is 11.0 Å². The van der Waals surface area contributed by atoms with Gasteiger partial charge in [-0.25, -0.2) is 9.67 Å². The van der Waals surface area contributed by atoms with Gasteiger partial charge in [0.05, 0.1) is 5.02 Å². The Balaban J connectivity index is 3.03. The van der Waals surface area contributed by atoms with Crippen LogP contribution in [-0.2, 0) is 7.05 Å². The maximum Gasteiger partial charge on any atom is 0.296 e. The Hall–Kier alpha value is -1.20. The summed E-state index contributed by atoms with van der Waals surface area (Å²) < 4.78 is 1.07. The van der Waals surface area contributed by atoms with E-state index in [-0.39, 0.29) is 26.8 Å². The zero-order valence-electron chi connectivity index (χ0n) is 7.03. The molecular weight excluding hydrogens is 227 g/mol. The predicted molar refractivity (Wildman–Crippen MR) is 52.6 cm³/mol. The number of rotatable bonds is 0. The molecule has 0 atom stereocenters. The molecule has 0 aliphatic rings. The second kappa shape index (κ2) is 3.18. The molecule has 2 aromatic rings. The van der Waals surface area contributed by atoms with Crippen molar-refractivity contribution in [3.05, 3.63) is 26.6 Å². The molecule has 72 valence electrons. The lowest BCUT2D eigenvalue weighted by atomic mass is 10.4. The van der Waals surface area contributed by atoms with Crippen LogP contribution in [0.5, 0.6) is 0 Å². The first-order chi connectivity index (χ1) is 6.59. The largest absolute Gasteiger partial charge is 0.296 e. The van der Waals surface area contributed by atoms with E-state index in [1.54, 1.807) is 0 Å². The highest BCUT2D eigenvalue weighted by atomic mass is 35.5. The molecule has 0 radical (unpaired) electrons. The third kappa shape index (κ3) is 1.34. The van der Waals surface area contributed by atoms with Crippen molar-refractivity contribution in [2.75, 3.05) is 0 Å². The number of halogens is 2. The van der Waals surface area contributed by atoms with E-state index >= 15 is 0 Å². The van der Waals surface area contributed by atoms with Crippen molar-refractivity contribution in [2.24, 2.45) is 7.05 Å². The second-order valence-corrected chi connectivity index (χ2v) is 3.44. The summed E-state index contributed by atoms with van der Waals surface area (Å²) in [5, 5.41) is 7.75. The first-order valence-corrected chi connectivity index (χ1v) is 4.41. The van der Waals surface area contributed by atoms with Crippen molar-refractivity contribution >= 4 is 34.2 Å². The van der Waals surface area contributed by atoms with Gasteiger partial charge in [0.25, 0.3) is 5.56 Å². The zero-order chi connectivity index (χ0) is 10.3. The molecule has 0 saturated carbocycles. The third-order valence-corrected chi connectivity index (χ3v) is 2.17. The zero-order valence-corrected chi connectivity index (χ0v) is 8.54. The molecule has 0 fully saturated rings. The lowest BCUT2D eigenvalue weighted by molar-refractivity contribution is 0.654. The monoisotopic (exact) mass is 230 g/mol. The van der Waals surface area contributed by atoms with Gasteiger partial charge >= 0.3 is 0 Å². The summed E-state index contributed by atoms with van der Waals surface area (Å²) in [4.78, 5) is 15.4. The molecule has 2 heterocycles. The van der Waals surface area contributed by atoms with E-state index in [0.29, 0.717) is 0 Å². The Morgan fingerprint density at radius 2 is 2.07 bits per heavy atom. The number of hydrogen-bond donors (Lipinski definition) is 0. The normalized spacial score (nSPS) is 10.8. The van der Waals surface area contributed by atoms with Crippen molar-refractivity contribution in [3.8, 4) is 0 Å². The quantitative estimate of drug-likeness (QED) is 0.635. The number of nitrogens with zero attached hydrogens (tertiary/aromatic N) is 4. The first-order valence-electron chi connectivity index (χ1n) is 3.65.